The number of carbonyl (C=O) groups is 2. The van der Waals surface area contributed by atoms with Gasteiger partial charge in [0.15, 0.2) is 11.6 Å². The third-order valence-corrected chi connectivity index (χ3v) is 5.80. The molecule has 0 fully saturated rings. The van der Waals surface area contributed by atoms with Crippen LogP contribution in [0.1, 0.15) is 61.0 Å². The van der Waals surface area contributed by atoms with E-state index in [2.05, 4.69) is 4.98 Å². The van der Waals surface area contributed by atoms with E-state index in [1.807, 2.05) is 27.7 Å². The number of halogens is 2. The Kier molecular flexibility index (Phi) is 7.98. The van der Waals surface area contributed by atoms with Crippen LogP contribution in [0.15, 0.2) is 40.8 Å². The molecule has 1 aromatic heterocycles. The number of Topliss-reactive ketones (excluding diaryl/α,β-unsaturated/α-hetero) is 2. The summed E-state index contributed by atoms with van der Waals surface area (Å²) in [5.74, 6) is 1.46. The number of hydrogen-bond donors (Lipinski definition) is 0. The molecule has 0 amide bonds. The molecule has 0 aliphatic rings. The fourth-order valence-electron chi connectivity index (χ4n) is 3.55. The summed E-state index contributed by atoms with van der Waals surface area (Å²) in [6.07, 6.45) is 0.433. The summed E-state index contributed by atoms with van der Waals surface area (Å²) in [6.45, 7) is 9.25. The van der Waals surface area contributed by atoms with Crippen LogP contribution < -0.4 is 4.74 Å². The van der Waals surface area contributed by atoms with Crippen molar-refractivity contribution in [3.05, 3.63) is 69.0 Å². The number of benzene rings is 2. The predicted molar refractivity (Wildman–Crippen MR) is 131 cm³/mol. The summed E-state index contributed by atoms with van der Waals surface area (Å²) in [7, 11) is 0. The van der Waals surface area contributed by atoms with Gasteiger partial charge in [-0.1, -0.05) is 44.0 Å². The Labute approximate surface area is 204 Å². The smallest absolute Gasteiger partial charge is 0.228 e. The van der Waals surface area contributed by atoms with Crippen molar-refractivity contribution in [3.63, 3.8) is 0 Å². The van der Waals surface area contributed by atoms with E-state index in [-0.39, 0.29) is 30.0 Å². The van der Waals surface area contributed by atoms with Crippen molar-refractivity contribution >= 4 is 34.8 Å². The minimum Gasteiger partial charge on any atom is -0.486 e. The molecule has 0 saturated heterocycles. The minimum absolute atomic E-state index is 0.000000581. The quantitative estimate of drug-likeness (QED) is 0.300. The fourth-order valence-corrected chi connectivity index (χ4v) is 4.04. The molecule has 0 saturated carbocycles. The number of hydrogen-bond acceptors (Lipinski definition) is 5. The number of oxazole rings is 1. The number of carbonyl (C=O) groups excluding carboxylic acids is 2. The van der Waals surface area contributed by atoms with Crippen molar-refractivity contribution in [3.8, 4) is 17.2 Å². The first kappa shape index (κ1) is 25.0. The molecular formula is C26H27Cl2NO4. The molecular weight excluding hydrogens is 461 g/mol. The number of ether oxygens (including phenoxy) is 1. The SMILES string of the molecule is CC(=O)COc1ccc(C(=O)C(C)Cc2nc(-c3ccc(Cl)cc3Cl)oc2C(C)C)cc1C. The van der Waals surface area contributed by atoms with Gasteiger partial charge in [0.25, 0.3) is 0 Å². The van der Waals surface area contributed by atoms with Crippen LogP contribution >= 0.6 is 23.2 Å². The van der Waals surface area contributed by atoms with Crippen molar-refractivity contribution in [1.82, 2.24) is 4.98 Å². The van der Waals surface area contributed by atoms with Gasteiger partial charge in [-0.2, -0.15) is 0 Å². The van der Waals surface area contributed by atoms with E-state index >= 15 is 0 Å². The Hall–Kier alpha value is -2.63. The Morgan fingerprint density at radius 2 is 1.82 bits per heavy atom. The maximum absolute atomic E-state index is 13.1. The number of nitrogens with zero attached hydrogens (tertiary/aromatic N) is 1. The van der Waals surface area contributed by atoms with Crippen molar-refractivity contribution in [2.45, 2.75) is 47.0 Å². The zero-order valence-corrected chi connectivity index (χ0v) is 20.9. The zero-order valence-electron chi connectivity index (χ0n) is 19.4. The summed E-state index contributed by atoms with van der Waals surface area (Å²) in [5, 5.41) is 0.990. The summed E-state index contributed by atoms with van der Waals surface area (Å²) in [5.41, 5.74) is 2.79. The topological polar surface area (TPSA) is 69.4 Å². The number of aromatic nitrogens is 1. The Balaban J connectivity index is 1.82. The third-order valence-electron chi connectivity index (χ3n) is 5.25. The summed E-state index contributed by atoms with van der Waals surface area (Å²) >= 11 is 12.4. The molecule has 1 heterocycles. The molecule has 1 unspecified atom stereocenters. The van der Waals surface area contributed by atoms with Gasteiger partial charge in [0, 0.05) is 28.8 Å². The highest BCUT2D eigenvalue weighted by Gasteiger charge is 2.24. The van der Waals surface area contributed by atoms with Gasteiger partial charge in [-0.05, 0) is 55.8 Å². The van der Waals surface area contributed by atoms with Crippen LogP contribution in [-0.4, -0.2) is 23.2 Å². The van der Waals surface area contributed by atoms with Crippen LogP contribution in [0.2, 0.25) is 10.0 Å². The van der Waals surface area contributed by atoms with E-state index in [1.165, 1.54) is 6.92 Å². The molecule has 33 heavy (non-hydrogen) atoms. The monoisotopic (exact) mass is 487 g/mol. The molecule has 5 nitrogen and oxygen atoms in total. The van der Waals surface area contributed by atoms with Gasteiger partial charge in [0.1, 0.15) is 18.1 Å². The lowest BCUT2D eigenvalue weighted by Gasteiger charge is -2.13. The molecule has 0 aliphatic carbocycles. The second-order valence-electron chi connectivity index (χ2n) is 8.55. The molecule has 3 rings (SSSR count). The van der Waals surface area contributed by atoms with Crippen LogP contribution in [0.3, 0.4) is 0 Å². The molecule has 0 spiro atoms. The highest BCUT2D eigenvalue weighted by Crippen LogP contribution is 2.34. The molecule has 2 aromatic carbocycles. The Morgan fingerprint density at radius 3 is 2.42 bits per heavy atom. The standard InChI is InChI=1S/C26H27Cl2NO4/c1-14(2)25-22(29-26(33-25)20-8-7-19(27)12-21(20)28)11-16(4)24(31)18-6-9-23(15(3)10-18)32-13-17(5)30/h6-10,12,14,16H,11,13H2,1-5H3. The first-order valence-electron chi connectivity index (χ1n) is 10.8. The largest absolute Gasteiger partial charge is 0.486 e. The predicted octanol–water partition coefficient (Wildman–Crippen LogP) is 7.11. The molecule has 0 N–H and O–H groups in total. The first-order valence-corrected chi connectivity index (χ1v) is 11.5. The molecule has 0 bridgehead atoms. The van der Waals surface area contributed by atoms with Gasteiger partial charge in [0.05, 0.1) is 16.3 Å². The van der Waals surface area contributed by atoms with Gasteiger partial charge in [-0.15, -0.1) is 0 Å². The maximum atomic E-state index is 13.1. The van der Waals surface area contributed by atoms with Crippen molar-refractivity contribution in [2.75, 3.05) is 6.61 Å². The summed E-state index contributed by atoms with van der Waals surface area (Å²) in [4.78, 5) is 29.0. The minimum atomic E-state index is -0.315. The summed E-state index contributed by atoms with van der Waals surface area (Å²) in [6, 6.07) is 10.4. The van der Waals surface area contributed by atoms with Gasteiger partial charge >= 0.3 is 0 Å². The van der Waals surface area contributed by atoms with Crippen LogP contribution in [0.4, 0.5) is 0 Å². The lowest BCUT2D eigenvalue weighted by atomic mass is 9.92. The highest BCUT2D eigenvalue weighted by atomic mass is 35.5. The van der Waals surface area contributed by atoms with Gasteiger partial charge in [0.2, 0.25) is 5.89 Å². The zero-order chi connectivity index (χ0) is 24.3. The maximum Gasteiger partial charge on any atom is 0.228 e. The first-order chi connectivity index (χ1) is 15.6. The number of aryl methyl sites for hydroxylation is 1. The Bertz CT molecular complexity index is 1180. The molecule has 1 atom stereocenters. The second kappa shape index (κ2) is 10.5. The van der Waals surface area contributed by atoms with E-state index in [4.69, 9.17) is 32.4 Å². The van der Waals surface area contributed by atoms with Crippen LogP contribution in [-0.2, 0) is 11.2 Å². The second-order valence-corrected chi connectivity index (χ2v) is 9.39. The van der Waals surface area contributed by atoms with Crippen molar-refractivity contribution < 1.29 is 18.7 Å². The van der Waals surface area contributed by atoms with E-state index in [1.54, 1.807) is 36.4 Å². The lowest BCUT2D eigenvalue weighted by molar-refractivity contribution is -0.118. The normalized spacial score (nSPS) is 12.1. The number of rotatable bonds is 9. The van der Waals surface area contributed by atoms with Crippen molar-refractivity contribution in [1.29, 1.82) is 0 Å². The Morgan fingerprint density at radius 1 is 1.09 bits per heavy atom. The number of ketones is 2. The highest BCUT2D eigenvalue weighted by molar-refractivity contribution is 6.36. The van der Waals surface area contributed by atoms with Crippen LogP contribution in [0.5, 0.6) is 5.75 Å². The molecule has 3 aromatic rings. The van der Waals surface area contributed by atoms with Crippen LogP contribution in [0, 0.1) is 12.8 Å². The van der Waals surface area contributed by atoms with Gasteiger partial charge < -0.3 is 9.15 Å². The fraction of sp³-hybridized carbons (Fsp3) is 0.346. The van der Waals surface area contributed by atoms with E-state index < -0.39 is 0 Å². The molecule has 7 heteroatoms. The average molecular weight is 488 g/mol. The van der Waals surface area contributed by atoms with E-state index in [0.29, 0.717) is 39.2 Å². The van der Waals surface area contributed by atoms with E-state index in [0.717, 1.165) is 17.0 Å². The average Bonchev–Trinajstić information content (AvgIpc) is 3.15. The van der Waals surface area contributed by atoms with Gasteiger partial charge in [-0.3, -0.25) is 9.59 Å². The molecule has 0 radical (unpaired) electrons. The lowest BCUT2D eigenvalue weighted by Crippen LogP contribution is -2.15. The molecule has 174 valence electrons. The molecule has 0 aliphatic heterocycles. The van der Waals surface area contributed by atoms with Gasteiger partial charge in [-0.25, -0.2) is 4.98 Å². The van der Waals surface area contributed by atoms with Crippen molar-refractivity contribution in [2.24, 2.45) is 5.92 Å². The summed E-state index contributed by atoms with van der Waals surface area (Å²) < 4.78 is 11.5. The van der Waals surface area contributed by atoms with Crippen LogP contribution in [0.25, 0.3) is 11.5 Å². The van der Waals surface area contributed by atoms with E-state index in [9.17, 15) is 9.59 Å². The third kappa shape index (κ3) is 6.04.